The zero-order valence-corrected chi connectivity index (χ0v) is 17.2. The van der Waals surface area contributed by atoms with Gasteiger partial charge in [-0.2, -0.15) is 13.2 Å². The van der Waals surface area contributed by atoms with Gasteiger partial charge in [-0.1, -0.05) is 0 Å². The Balaban J connectivity index is 1.91. The van der Waals surface area contributed by atoms with E-state index in [4.69, 9.17) is 5.73 Å². The summed E-state index contributed by atoms with van der Waals surface area (Å²) in [5, 5.41) is 2.42. The van der Waals surface area contributed by atoms with E-state index >= 15 is 0 Å². The number of carbonyl (C=O) groups excluding carboxylic acids is 1. The highest BCUT2D eigenvalue weighted by atomic mass is 32.2. The summed E-state index contributed by atoms with van der Waals surface area (Å²) in [6.45, 7) is 1.38. The van der Waals surface area contributed by atoms with Crippen LogP contribution in [0.5, 0.6) is 0 Å². The van der Waals surface area contributed by atoms with Gasteiger partial charge in [-0.05, 0) is 49.4 Å². The van der Waals surface area contributed by atoms with Crippen LogP contribution >= 0.6 is 0 Å². The van der Waals surface area contributed by atoms with Gasteiger partial charge in [0.05, 0.1) is 11.3 Å². The molecule has 1 amide bonds. The standard InChI is InChI=1S/C19H18F4N4O3S/c1-18(10-31(29,30)27(2)17(24)26-18)14-9-11(3-8-15(14)20)16(28)25-13-6-4-12(5-7-13)19(21,22)23/h3-9H,10H2,1-2H3,(H2,24,26)(H,25,28)/t18-/m0/s1. The van der Waals surface area contributed by atoms with E-state index in [1.807, 2.05) is 0 Å². The first-order chi connectivity index (χ1) is 14.2. The summed E-state index contributed by atoms with van der Waals surface area (Å²) in [6.07, 6.45) is -4.51. The lowest BCUT2D eigenvalue weighted by molar-refractivity contribution is -0.137. The van der Waals surface area contributed by atoms with Crippen LogP contribution in [0.1, 0.15) is 28.4 Å². The number of amides is 1. The van der Waals surface area contributed by atoms with Gasteiger partial charge in [0, 0.05) is 23.9 Å². The highest BCUT2D eigenvalue weighted by Crippen LogP contribution is 2.34. The Morgan fingerprint density at radius 1 is 1.19 bits per heavy atom. The first-order valence-electron chi connectivity index (χ1n) is 8.83. The number of hydrogen-bond donors (Lipinski definition) is 2. The molecule has 2 aromatic rings. The van der Waals surface area contributed by atoms with Crippen molar-refractivity contribution in [2.24, 2.45) is 10.7 Å². The van der Waals surface area contributed by atoms with Crippen LogP contribution < -0.4 is 11.1 Å². The zero-order chi connectivity index (χ0) is 23.2. The Bertz CT molecular complexity index is 1160. The van der Waals surface area contributed by atoms with Crippen LogP contribution in [0, 0.1) is 5.82 Å². The summed E-state index contributed by atoms with van der Waals surface area (Å²) in [5.41, 5.74) is 3.12. The second-order valence-corrected chi connectivity index (χ2v) is 9.19. The number of benzene rings is 2. The molecule has 1 aliphatic rings. The highest BCUT2D eigenvalue weighted by molar-refractivity contribution is 7.89. The normalized spacial score (nSPS) is 20.8. The van der Waals surface area contributed by atoms with Crippen LogP contribution in [-0.4, -0.2) is 37.4 Å². The topological polar surface area (TPSA) is 105 Å². The molecule has 0 saturated carbocycles. The fraction of sp³-hybridized carbons (Fsp3) is 0.263. The first-order valence-corrected chi connectivity index (χ1v) is 10.4. The van der Waals surface area contributed by atoms with Crippen LogP contribution in [0.25, 0.3) is 0 Å². The lowest BCUT2D eigenvalue weighted by Crippen LogP contribution is -2.50. The molecule has 0 bridgehead atoms. The number of nitrogens with zero attached hydrogens (tertiary/aromatic N) is 2. The lowest BCUT2D eigenvalue weighted by Gasteiger charge is -2.34. The van der Waals surface area contributed by atoms with Gasteiger partial charge in [-0.15, -0.1) is 0 Å². The van der Waals surface area contributed by atoms with Crippen LogP contribution in [-0.2, 0) is 21.7 Å². The Kier molecular flexibility index (Phi) is 5.47. The number of carbonyl (C=O) groups is 1. The summed E-state index contributed by atoms with van der Waals surface area (Å²) in [6, 6.07) is 7.09. The molecule has 0 saturated heterocycles. The van der Waals surface area contributed by atoms with Crippen LogP contribution in [0.3, 0.4) is 0 Å². The summed E-state index contributed by atoms with van der Waals surface area (Å²) < 4.78 is 78.0. The van der Waals surface area contributed by atoms with Crippen molar-refractivity contribution in [1.82, 2.24) is 4.31 Å². The maximum atomic E-state index is 14.6. The van der Waals surface area contributed by atoms with Crippen molar-refractivity contribution in [1.29, 1.82) is 0 Å². The molecule has 1 heterocycles. The summed E-state index contributed by atoms with van der Waals surface area (Å²) in [7, 11) is -2.64. The number of anilines is 1. The third-order valence-electron chi connectivity index (χ3n) is 4.84. The molecule has 166 valence electrons. The third-order valence-corrected chi connectivity index (χ3v) is 6.79. The Morgan fingerprint density at radius 2 is 1.81 bits per heavy atom. The van der Waals surface area contributed by atoms with E-state index < -0.39 is 44.8 Å². The quantitative estimate of drug-likeness (QED) is 0.690. The minimum Gasteiger partial charge on any atom is -0.369 e. The number of hydrogen-bond acceptors (Lipinski definition) is 5. The van der Waals surface area contributed by atoms with Crippen molar-refractivity contribution in [2.75, 3.05) is 18.1 Å². The summed E-state index contributed by atoms with van der Waals surface area (Å²) in [5.74, 6) is -2.41. The maximum Gasteiger partial charge on any atom is 0.416 e. The number of guanidine groups is 1. The van der Waals surface area contributed by atoms with Gasteiger partial charge < -0.3 is 11.1 Å². The van der Waals surface area contributed by atoms with E-state index in [0.717, 1.165) is 46.8 Å². The molecule has 0 spiro atoms. The molecule has 3 N–H and O–H groups in total. The largest absolute Gasteiger partial charge is 0.416 e. The molecule has 1 atom stereocenters. The van der Waals surface area contributed by atoms with Crippen LogP contribution in [0.4, 0.5) is 23.2 Å². The highest BCUT2D eigenvalue weighted by Gasteiger charge is 2.42. The Labute approximate surface area is 175 Å². The zero-order valence-electron chi connectivity index (χ0n) is 16.4. The number of nitrogens with two attached hydrogens (primary N) is 1. The number of rotatable bonds is 3. The molecule has 0 aliphatic carbocycles. The van der Waals surface area contributed by atoms with Gasteiger partial charge in [0.15, 0.2) is 0 Å². The summed E-state index contributed by atoms with van der Waals surface area (Å²) in [4.78, 5) is 16.6. The van der Waals surface area contributed by atoms with Gasteiger partial charge in [0.1, 0.15) is 11.4 Å². The van der Waals surface area contributed by atoms with Crippen molar-refractivity contribution < 1.29 is 30.8 Å². The fourth-order valence-corrected chi connectivity index (χ4v) is 4.56. The fourth-order valence-electron chi connectivity index (χ4n) is 3.11. The summed E-state index contributed by atoms with van der Waals surface area (Å²) >= 11 is 0. The van der Waals surface area contributed by atoms with Crippen molar-refractivity contribution in [2.45, 2.75) is 18.6 Å². The van der Waals surface area contributed by atoms with Gasteiger partial charge in [0.25, 0.3) is 5.91 Å². The molecule has 1 aliphatic heterocycles. The molecule has 31 heavy (non-hydrogen) atoms. The Morgan fingerprint density at radius 3 is 2.35 bits per heavy atom. The van der Waals surface area contributed by atoms with Crippen LogP contribution in [0.2, 0.25) is 0 Å². The minimum atomic E-state index is -4.51. The first kappa shape index (κ1) is 22.5. The number of sulfonamides is 1. The lowest BCUT2D eigenvalue weighted by atomic mass is 9.92. The molecule has 0 radical (unpaired) electrons. The average Bonchev–Trinajstić information content (AvgIpc) is 2.65. The second kappa shape index (κ2) is 7.52. The molecule has 3 rings (SSSR count). The van der Waals surface area contributed by atoms with Crippen molar-refractivity contribution in [3.63, 3.8) is 0 Å². The molecule has 7 nitrogen and oxygen atoms in total. The molecule has 0 fully saturated rings. The van der Waals surface area contributed by atoms with E-state index in [0.29, 0.717) is 0 Å². The predicted octanol–water partition coefficient (Wildman–Crippen LogP) is 2.90. The SMILES string of the molecule is CN1C(N)=N[C@](C)(c2cc(C(=O)Nc3ccc(C(F)(F)F)cc3)ccc2F)CS1(=O)=O. The number of aliphatic imine (C=N–C) groups is 1. The molecule has 0 aromatic heterocycles. The molecular formula is C19H18F4N4O3S. The van der Waals surface area contributed by atoms with E-state index in [-0.39, 0.29) is 22.8 Å². The number of alkyl halides is 3. The molecule has 2 aromatic carbocycles. The van der Waals surface area contributed by atoms with E-state index in [2.05, 4.69) is 10.3 Å². The molecular weight excluding hydrogens is 440 g/mol. The van der Waals surface area contributed by atoms with Gasteiger partial charge in [-0.25, -0.2) is 22.1 Å². The van der Waals surface area contributed by atoms with Gasteiger partial charge >= 0.3 is 6.18 Å². The number of nitrogens with one attached hydrogen (secondary N) is 1. The monoisotopic (exact) mass is 458 g/mol. The second-order valence-electron chi connectivity index (χ2n) is 7.19. The van der Waals surface area contributed by atoms with E-state index in [1.165, 1.54) is 14.0 Å². The molecule has 12 heteroatoms. The number of halogens is 4. The Hall–Kier alpha value is -3.15. The predicted molar refractivity (Wildman–Crippen MR) is 106 cm³/mol. The maximum absolute atomic E-state index is 14.6. The van der Waals surface area contributed by atoms with Gasteiger partial charge in [0.2, 0.25) is 16.0 Å². The van der Waals surface area contributed by atoms with Crippen molar-refractivity contribution in [3.8, 4) is 0 Å². The van der Waals surface area contributed by atoms with Gasteiger partial charge in [-0.3, -0.25) is 4.79 Å². The van der Waals surface area contributed by atoms with Crippen molar-refractivity contribution >= 4 is 27.6 Å². The van der Waals surface area contributed by atoms with Crippen molar-refractivity contribution in [3.05, 3.63) is 65.0 Å². The molecule has 0 unspecified atom stereocenters. The average molecular weight is 458 g/mol. The smallest absolute Gasteiger partial charge is 0.369 e. The van der Waals surface area contributed by atoms with E-state index in [9.17, 15) is 30.8 Å². The van der Waals surface area contributed by atoms with Crippen LogP contribution in [0.15, 0.2) is 47.5 Å². The van der Waals surface area contributed by atoms with E-state index in [1.54, 1.807) is 0 Å². The minimum absolute atomic E-state index is 0.0392. The third kappa shape index (κ3) is 4.48.